The highest BCUT2D eigenvalue weighted by atomic mass is 19.1. The Hall–Kier alpha value is -2.60. The molecule has 1 aliphatic heterocycles. The Morgan fingerprint density at radius 1 is 1.26 bits per heavy atom. The van der Waals surface area contributed by atoms with E-state index in [0.29, 0.717) is 22.9 Å². The quantitative estimate of drug-likeness (QED) is 0.548. The van der Waals surface area contributed by atoms with Gasteiger partial charge in [-0.1, -0.05) is 13.8 Å². The number of phenols is 1. The largest absolute Gasteiger partial charge is 0.505 e. The fourth-order valence-corrected chi connectivity index (χ4v) is 3.03. The minimum atomic E-state index is -0.503. The van der Waals surface area contributed by atoms with Gasteiger partial charge in [-0.05, 0) is 56.2 Å². The molecule has 1 unspecified atom stereocenters. The van der Waals surface area contributed by atoms with Crippen LogP contribution in [-0.2, 0) is 0 Å². The molecule has 0 amide bonds. The van der Waals surface area contributed by atoms with E-state index in [-0.39, 0.29) is 23.3 Å². The van der Waals surface area contributed by atoms with Gasteiger partial charge in [-0.3, -0.25) is 10.1 Å². The lowest BCUT2D eigenvalue weighted by atomic mass is 9.96. The van der Waals surface area contributed by atoms with E-state index in [0.717, 1.165) is 6.54 Å². The van der Waals surface area contributed by atoms with Crippen molar-refractivity contribution in [2.75, 3.05) is 11.9 Å². The minimum absolute atomic E-state index is 0.140. The van der Waals surface area contributed by atoms with Crippen molar-refractivity contribution in [3.05, 3.63) is 53.3 Å². The van der Waals surface area contributed by atoms with Crippen molar-refractivity contribution in [3.8, 4) is 11.5 Å². The molecule has 1 atom stereocenters. The second-order valence-corrected chi connectivity index (χ2v) is 7.82. The van der Waals surface area contributed by atoms with Gasteiger partial charge in [0, 0.05) is 12.1 Å². The Labute approximate surface area is 158 Å². The Morgan fingerprint density at radius 2 is 1.93 bits per heavy atom. The number of ether oxygens (including phenoxy) is 1. The summed E-state index contributed by atoms with van der Waals surface area (Å²) in [6.07, 6.45) is -0.287. The first-order valence-corrected chi connectivity index (χ1v) is 9.03. The Kier molecular flexibility index (Phi) is 5.11. The number of fused-ring (bicyclic) bond motifs is 1. The summed E-state index contributed by atoms with van der Waals surface area (Å²) < 4.78 is 19.1. The van der Waals surface area contributed by atoms with Gasteiger partial charge in [0.2, 0.25) is 0 Å². The van der Waals surface area contributed by atoms with Crippen molar-refractivity contribution >= 4 is 11.5 Å². The third-order valence-electron chi connectivity index (χ3n) is 4.55. The van der Waals surface area contributed by atoms with Crippen LogP contribution in [0.25, 0.3) is 0 Å². The summed E-state index contributed by atoms with van der Waals surface area (Å²) in [5.41, 5.74) is 0.326. The van der Waals surface area contributed by atoms with Crippen LogP contribution in [0.4, 0.5) is 10.1 Å². The van der Waals surface area contributed by atoms with E-state index in [1.165, 1.54) is 30.3 Å². The molecule has 3 rings (SSSR count). The Morgan fingerprint density at radius 3 is 2.56 bits per heavy atom. The van der Waals surface area contributed by atoms with E-state index in [4.69, 9.17) is 4.74 Å². The summed E-state index contributed by atoms with van der Waals surface area (Å²) in [5.74, 6) is -0.0243. The predicted molar refractivity (Wildman–Crippen MR) is 103 cm³/mol. The number of hydrogen-bond acceptors (Lipinski definition) is 5. The van der Waals surface area contributed by atoms with Gasteiger partial charge >= 0.3 is 0 Å². The number of nitrogens with one attached hydrogen (secondary N) is 2. The normalized spacial score (nSPS) is 17.8. The van der Waals surface area contributed by atoms with E-state index >= 15 is 0 Å². The van der Waals surface area contributed by atoms with Gasteiger partial charge in [-0.25, -0.2) is 4.39 Å². The van der Waals surface area contributed by atoms with Gasteiger partial charge in [-0.2, -0.15) is 0 Å². The second kappa shape index (κ2) is 7.19. The van der Waals surface area contributed by atoms with Crippen LogP contribution >= 0.6 is 0 Å². The molecule has 5 nitrogen and oxygen atoms in total. The number of rotatable bonds is 5. The fraction of sp³-hybridized carbons (Fsp3) is 0.381. The zero-order valence-electron chi connectivity index (χ0n) is 16.0. The highest BCUT2D eigenvalue weighted by Crippen LogP contribution is 2.43. The maximum Gasteiger partial charge on any atom is 0.196 e. The van der Waals surface area contributed by atoms with Crippen LogP contribution in [-0.4, -0.2) is 29.2 Å². The number of benzene rings is 2. The topological polar surface area (TPSA) is 70.6 Å². The number of halogens is 1. The number of hydrogen-bond donors (Lipinski definition) is 3. The molecule has 1 heterocycles. The zero-order valence-corrected chi connectivity index (χ0v) is 16.0. The third-order valence-corrected chi connectivity index (χ3v) is 4.55. The van der Waals surface area contributed by atoms with Gasteiger partial charge in [0.1, 0.15) is 17.3 Å². The lowest BCUT2D eigenvalue weighted by Gasteiger charge is -2.42. The van der Waals surface area contributed by atoms with Gasteiger partial charge in [0.25, 0.3) is 0 Å². The third kappa shape index (κ3) is 3.90. The van der Waals surface area contributed by atoms with Gasteiger partial charge in [0.15, 0.2) is 17.8 Å². The summed E-state index contributed by atoms with van der Waals surface area (Å²) in [5, 5.41) is 17.4. The van der Waals surface area contributed by atoms with E-state index in [9.17, 15) is 14.3 Å². The second-order valence-electron chi connectivity index (χ2n) is 7.82. The zero-order chi connectivity index (χ0) is 19.8. The molecule has 1 aliphatic rings. The van der Waals surface area contributed by atoms with Gasteiger partial charge in [-0.15, -0.1) is 0 Å². The summed E-state index contributed by atoms with van der Waals surface area (Å²) >= 11 is 0. The summed E-state index contributed by atoms with van der Waals surface area (Å²) in [6.45, 7) is 8.94. The summed E-state index contributed by atoms with van der Waals surface area (Å²) in [7, 11) is 0. The fourth-order valence-electron chi connectivity index (χ4n) is 3.03. The first-order valence-electron chi connectivity index (χ1n) is 9.03. The van der Waals surface area contributed by atoms with Gasteiger partial charge < -0.3 is 15.2 Å². The van der Waals surface area contributed by atoms with E-state index in [2.05, 4.69) is 24.5 Å². The molecule has 0 saturated heterocycles. The predicted octanol–water partition coefficient (Wildman–Crippen LogP) is 3.92. The van der Waals surface area contributed by atoms with Crippen LogP contribution in [0.2, 0.25) is 0 Å². The standard InChI is InChI=1S/C21H25FN2O3/c1-12(2)11-23-20-21(3,4)24-17-16(27-20)10-9-15(19(17)26)18(25)13-5-7-14(22)8-6-13/h5-10,12,20,23-24,26H,11H2,1-4H3. The van der Waals surface area contributed by atoms with Crippen LogP contribution < -0.4 is 15.4 Å². The molecule has 2 aromatic carbocycles. The molecule has 0 saturated carbocycles. The van der Waals surface area contributed by atoms with Crippen molar-refractivity contribution in [1.82, 2.24) is 5.32 Å². The minimum Gasteiger partial charge on any atom is -0.505 e. The molecule has 0 radical (unpaired) electrons. The van der Waals surface area contributed by atoms with E-state index < -0.39 is 11.4 Å². The van der Waals surface area contributed by atoms with Crippen LogP contribution in [0.3, 0.4) is 0 Å². The summed E-state index contributed by atoms with van der Waals surface area (Å²) in [6, 6.07) is 8.43. The van der Waals surface area contributed by atoms with Crippen LogP contribution in [0.1, 0.15) is 43.6 Å². The molecule has 2 aromatic rings. The molecule has 6 heteroatoms. The maximum absolute atomic E-state index is 13.1. The first kappa shape index (κ1) is 19.2. The molecular formula is C21H25FN2O3. The van der Waals surface area contributed by atoms with Crippen LogP contribution in [0, 0.1) is 11.7 Å². The molecule has 0 aliphatic carbocycles. The average Bonchev–Trinajstić information content (AvgIpc) is 2.60. The van der Waals surface area contributed by atoms with Crippen molar-refractivity contribution in [2.24, 2.45) is 5.92 Å². The van der Waals surface area contributed by atoms with Gasteiger partial charge in [0.05, 0.1) is 11.1 Å². The van der Waals surface area contributed by atoms with Crippen molar-refractivity contribution in [3.63, 3.8) is 0 Å². The number of carbonyl (C=O) groups is 1. The van der Waals surface area contributed by atoms with Crippen LogP contribution in [0.5, 0.6) is 11.5 Å². The van der Waals surface area contributed by atoms with Crippen molar-refractivity contribution in [2.45, 2.75) is 39.5 Å². The molecule has 0 bridgehead atoms. The molecule has 0 fully saturated rings. The maximum atomic E-state index is 13.1. The monoisotopic (exact) mass is 372 g/mol. The Balaban J connectivity index is 1.91. The molecule has 0 spiro atoms. The van der Waals surface area contributed by atoms with E-state index in [1.807, 2.05) is 13.8 Å². The van der Waals surface area contributed by atoms with E-state index in [1.54, 1.807) is 6.07 Å². The molecule has 0 aromatic heterocycles. The number of anilines is 1. The average molecular weight is 372 g/mol. The smallest absolute Gasteiger partial charge is 0.196 e. The Bertz CT molecular complexity index is 847. The lowest BCUT2D eigenvalue weighted by Crippen LogP contribution is -2.58. The lowest BCUT2D eigenvalue weighted by molar-refractivity contribution is 0.0915. The summed E-state index contributed by atoms with van der Waals surface area (Å²) in [4.78, 5) is 12.7. The molecular weight excluding hydrogens is 347 g/mol. The molecule has 144 valence electrons. The highest BCUT2D eigenvalue weighted by Gasteiger charge is 2.38. The number of phenolic OH excluding ortho intramolecular Hbond substituents is 1. The van der Waals surface area contributed by atoms with Crippen molar-refractivity contribution in [1.29, 1.82) is 0 Å². The van der Waals surface area contributed by atoms with Crippen molar-refractivity contribution < 1.29 is 19.0 Å². The SMILES string of the molecule is CC(C)CNC1Oc2ccc(C(=O)c3ccc(F)cc3)c(O)c2NC1(C)C. The first-order chi connectivity index (χ1) is 12.7. The molecule has 27 heavy (non-hydrogen) atoms. The number of carbonyl (C=O) groups excluding carboxylic acids is 1. The number of ketones is 1. The van der Waals surface area contributed by atoms with Crippen LogP contribution in [0.15, 0.2) is 36.4 Å². The number of aromatic hydroxyl groups is 1. The molecule has 3 N–H and O–H groups in total. The highest BCUT2D eigenvalue weighted by molar-refractivity contribution is 6.12.